The van der Waals surface area contributed by atoms with Gasteiger partial charge in [-0.05, 0) is 87.1 Å². The van der Waals surface area contributed by atoms with Crippen molar-refractivity contribution >= 4 is 11.9 Å². The van der Waals surface area contributed by atoms with Gasteiger partial charge in [-0.2, -0.15) is 0 Å². The van der Waals surface area contributed by atoms with Crippen molar-refractivity contribution in [1.29, 1.82) is 0 Å². The van der Waals surface area contributed by atoms with Crippen molar-refractivity contribution in [1.82, 2.24) is 20.9 Å². The van der Waals surface area contributed by atoms with Crippen molar-refractivity contribution in [3.8, 4) is 11.1 Å². The number of rotatable bonds is 10. The second-order valence-electron chi connectivity index (χ2n) is 16.0. The number of fused-ring (bicyclic) bond motifs is 1. The van der Waals surface area contributed by atoms with Crippen LogP contribution in [-0.2, 0) is 27.4 Å². The van der Waals surface area contributed by atoms with Crippen LogP contribution in [0.1, 0.15) is 108 Å². The van der Waals surface area contributed by atoms with Crippen LogP contribution < -0.4 is 16.0 Å². The van der Waals surface area contributed by atoms with Gasteiger partial charge in [-0.15, -0.1) is 0 Å². The summed E-state index contributed by atoms with van der Waals surface area (Å²) in [6, 6.07) is 24.4. The third-order valence-corrected chi connectivity index (χ3v) is 11.1. The largest absolute Gasteiger partial charge is 0.392 e. The molecule has 6 rings (SSSR count). The second-order valence-corrected chi connectivity index (χ2v) is 16.0. The SMILES string of the molecule is CCNC(=O)NCc1ccccc1-c1ccc([C@H]2O[C@@H](CN3[C@@H](C(=O)NC(C)(C)C)CC[C@H]4CCCC[C@H]43)[C@@H](C)[C@@H](c3ccc(CO)cc3)O2)cc1. The number of likely N-dealkylation sites (tertiary alicyclic amines) is 1. The third kappa shape index (κ3) is 9.05. The summed E-state index contributed by atoms with van der Waals surface area (Å²) in [5.74, 6) is 0.725. The average Bonchev–Trinajstić information content (AvgIpc) is 3.14. The van der Waals surface area contributed by atoms with Crippen LogP contribution in [0.5, 0.6) is 0 Å². The van der Waals surface area contributed by atoms with Gasteiger partial charge in [0.05, 0.1) is 24.9 Å². The molecule has 4 N–H and O–H groups in total. The van der Waals surface area contributed by atoms with Crippen LogP contribution in [0, 0.1) is 11.8 Å². The van der Waals surface area contributed by atoms with E-state index in [0.29, 0.717) is 31.6 Å². The minimum absolute atomic E-state index is 0.00933. The molecule has 0 radical (unpaired) electrons. The number of ether oxygens (including phenoxy) is 2. The molecule has 9 nitrogen and oxygen atoms in total. The van der Waals surface area contributed by atoms with E-state index < -0.39 is 6.29 Å². The summed E-state index contributed by atoms with van der Waals surface area (Å²) in [4.78, 5) is 28.5. The molecular formula is C43H58N4O5. The van der Waals surface area contributed by atoms with Crippen LogP contribution in [0.3, 0.4) is 0 Å². The first kappa shape index (κ1) is 38.0. The first-order valence-electron chi connectivity index (χ1n) is 19.3. The number of amides is 3. The van der Waals surface area contributed by atoms with E-state index in [9.17, 15) is 14.7 Å². The Morgan fingerprint density at radius 2 is 1.58 bits per heavy atom. The number of aliphatic hydroxyl groups excluding tert-OH is 1. The number of nitrogens with one attached hydrogen (secondary N) is 3. The lowest BCUT2D eigenvalue weighted by Crippen LogP contribution is -2.61. The number of benzene rings is 3. The van der Waals surface area contributed by atoms with E-state index in [4.69, 9.17) is 9.47 Å². The van der Waals surface area contributed by atoms with Gasteiger partial charge in [0.25, 0.3) is 0 Å². The van der Waals surface area contributed by atoms with Crippen LogP contribution in [0.2, 0.25) is 0 Å². The molecule has 2 saturated heterocycles. The molecule has 3 fully saturated rings. The quantitative estimate of drug-likeness (QED) is 0.175. The molecule has 3 aromatic carbocycles. The van der Waals surface area contributed by atoms with E-state index in [1.807, 2.05) is 37.3 Å². The Morgan fingerprint density at radius 3 is 2.29 bits per heavy atom. The highest BCUT2D eigenvalue weighted by atomic mass is 16.7. The Bertz CT molecular complexity index is 1640. The number of nitrogens with zero attached hydrogens (tertiary/aromatic N) is 1. The fourth-order valence-corrected chi connectivity index (χ4v) is 8.44. The second kappa shape index (κ2) is 16.9. The molecule has 0 spiro atoms. The maximum atomic E-state index is 13.9. The predicted octanol–water partition coefficient (Wildman–Crippen LogP) is 7.39. The molecule has 280 valence electrons. The normalized spacial score (nSPS) is 26.6. The van der Waals surface area contributed by atoms with Crippen molar-refractivity contribution in [2.45, 2.75) is 122 Å². The first-order valence-corrected chi connectivity index (χ1v) is 19.3. The molecule has 2 aliphatic heterocycles. The lowest BCUT2D eigenvalue weighted by atomic mass is 9.75. The minimum Gasteiger partial charge on any atom is -0.392 e. The van der Waals surface area contributed by atoms with E-state index in [1.165, 1.54) is 19.3 Å². The van der Waals surface area contributed by atoms with Crippen LogP contribution in [-0.4, -0.2) is 58.8 Å². The van der Waals surface area contributed by atoms with Gasteiger partial charge in [0, 0.05) is 42.7 Å². The fourth-order valence-electron chi connectivity index (χ4n) is 8.44. The Kier molecular flexibility index (Phi) is 12.4. The molecule has 3 aromatic rings. The van der Waals surface area contributed by atoms with E-state index in [-0.39, 0.29) is 48.3 Å². The average molecular weight is 711 g/mol. The van der Waals surface area contributed by atoms with Crippen LogP contribution in [0.4, 0.5) is 4.79 Å². The van der Waals surface area contributed by atoms with Gasteiger partial charge >= 0.3 is 6.03 Å². The molecule has 3 aliphatic rings. The predicted molar refractivity (Wildman–Crippen MR) is 204 cm³/mol. The van der Waals surface area contributed by atoms with Crippen molar-refractivity contribution < 1.29 is 24.2 Å². The number of hydrogen-bond donors (Lipinski definition) is 4. The zero-order chi connectivity index (χ0) is 36.8. The molecule has 0 aromatic heterocycles. The number of piperidine rings is 1. The fraction of sp³-hybridized carbons (Fsp3) is 0.535. The standard InChI is InChI=1S/C43H58N4O5/c1-6-44-42(50)45-25-34-12-7-9-13-35(34)30-19-21-33(22-20-30)41-51-38(28(2)39(52-41)32-17-15-29(27-48)16-18-32)26-47-36-14-10-8-11-31(36)23-24-37(47)40(49)46-43(3,4)5/h7,9,12-13,15-22,28,31,36-39,41,48H,6,8,10-11,14,23-27H2,1-5H3,(H,46,49)(H2,44,45,50)/t28-,31-,36-,37-,38+,39+,41+/m1/s1. The van der Waals surface area contributed by atoms with Crippen LogP contribution in [0.25, 0.3) is 11.1 Å². The first-order chi connectivity index (χ1) is 25.0. The number of carbonyl (C=O) groups excluding carboxylic acids is 2. The van der Waals surface area contributed by atoms with Gasteiger partial charge in [0.15, 0.2) is 6.29 Å². The molecule has 2 heterocycles. The van der Waals surface area contributed by atoms with Crippen molar-refractivity contribution in [2.75, 3.05) is 13.1 Å². The summed E-state index contributed by atoms with van der Waals surface area (Å²) in [5.41, 5.74) is 5.64. The molecule has 9 heteroatoms. The van der Waals surface area contributed by atoms with Crippen molar-refractivity contribution in [3.63, 3.8) is 0 Å². The van der Waals surface area contributed by atoms with Gasteiger partial charge in [0.1, 0.15) is 0 Å². The maximum absolute atomic E-state index is 13.9. The molecule has 7 atom stereocenters. The highest BCUT2D eigenvalue weighted by Gasteiger charge is 2.46. The smallest absolute Gasteiger partial charge is 0.315 e. The summed E-state index contributed by atoms with van der Waals surface area (Å²) in [6.45, 7) is 11.9. The topological polar surface area (TPSA) is 112 Å². The summed E-state index contributed by atoms with van der Waals surface area (Å²) < 4.78 is 13.8. The zero-order valence-corrected chi connectivity index (χ0v) is 31.6. The molecular weight excluding hydrogens is 652 g/mol. The van der Waals surface area contributed by atoms with Gasteiger partial charge in [-0.1, -0.05) is 92.6 Å². The highest BCUT2D eigenvalue weighted by Crippen LogP contribution is 2.44. The van der Waals surface area contributed by atoms with E-state index in [2.05, 4.69) is 91.0 Å². The van der Waals surface area contributed by atoms with E-state index in [1.54, 1.807) is 0 Å². The summed E-state index contributed by atoms with van der Waals surface area (Å²) >= 11 is 0. The highest BCUT2D eigenvalue weighted by molar-refractivity contribution is 5.82. The van der Waals surface area contributed by atoms with Crippen LogP contribution >= 0.6 is 0 Å². The molecule has 1 saturated carbocycles. The number of urea groups is 1. The molecule has 0 unspecified atom stereocenters. The summed E-state index contributed by atoms with van der Waals surface area (Å²) in [6.07, 6.45) is 5.69. The Hall–Kier alpha value is -3.76. The maximum Gasteiger partial charge on any atom is 0.315 e. The minimum atomic E-state index is -0.610. The van der Waals surface area contributed by atoms with Gasteiger partial charge in [-0.3, -0.25) is 9.69 Å². The summed E-state index contributed by atoms with van der Waals surface area (Å²) in [5, 5.41) is 18.8. The lowest BCUT2D eigenvalue weighted by Gasteiger charge is -2.51. The van der Waals surface area contributed by atoms with Gasteiger partial charge in [-0.25, -0.2) is 4.79 Å². The third-order valence-electron chi connectivity index (χ3n) is 11.1. The number of hydrogen-bond acceptors (Lipinski definition) is 6. The van der Waals surface area contributed by atoms with E-state index >= 15 is 0 Å². The van der Waals surface area contributed by atoms with Crippen molar-refractivity contribution in [2.24, 2.45) is 11.8 Å². The summed E-state index contributed by atoms with van der Waals surface area (Å²) in [7, 11) is 0. The van der Waals surface area contributed by atoms with Crippen molar-refractivity contribution in [3.05, 3.63) is 95.1 Å². The van der Waals surface area contributed by atoms with Crippen LogP contribution in [0.15, 0.2) is 72.8 Å². The Balaban J connectivity index is 1.28. The molecule has 3 amide bonds. The van der Waals surface area contributed by atoms with Gasteiger partial charge in [0.2, 0.25) is 5.91 Å². The van der Waals surface area contributed by atoms with E-state index in [0.717, 1.165) is 52.6 Å². The molecule has 0 bridgehead atoms. The molecule has 1 aliphatic carbocycles. The van der Waals surface area contributed by atoms with Gasteiger partial charge < -0.3 is 30.5 Å². The zero-order valence-electron chi connectivity index (χ0n) is 31.6. The lowest BCUT2D eigenvalue weighted by molar-refractivity contribution is -0.278. The Labute approximate surface area is 309 Å². The number of carbonyl (C=O) groups is 2. The monoisotopic (exact) mass is 710 g/mol. The number of aliphatic hydroxyl groups is 1. The molecule has 52 heavy (non-hydrogen) atoms. The Morgan fingerprint density at radius 1 is 0.865 bits per heavy atom.